The standard InChI is InChI=1S/C9H20O2Si/c1-7-8(2)9(10-3)11-12(4,5)6/h7H2,1-6H3. The summed E-state index contributed by atoms with van der Waals surface area (Å²) in [5.74, 6) is 0.719. The third-order valence-corrected chi connectivity index (χ3v) is 2.26. The van der Waals surface area contributed by atoms with Crippen LogP contribution in [0.4, 0.5) is 0 Å². The number of methoxy groups -OCH3 is 1. The molecule has 12 heavy (non-hydrogen) atoms. The van der Waals surface area contributed by atoms with Crippen LogP contribution in [-0.2, 0) is 9.16 Å². The lowest BCUT2D eigenvalue weighted by Crippen LogP contribution is -2.25. The minimum Gasteiger partial charge on any atom is -0.520 e. The molecule has 0 rings (SSSR count). The summed E-state index contributed by atoms with van der Waals surface area (Å²) in [5.41, 5.74) is 1.18. The third kappa shape index (κ3) is 4.44. The van der Waals surface area contributed by atoms with Crippen LogP contribution in [0, 0.1) is 0 Å². The quantitative estimate of drug-likeness (QED) is 0.498. The molecule has 0 aromatic heterocycles. The predicted molar refractivity (Wildman–Crippen MR) is 54.4 cm³/mol. The molecule has 0 saturated heterocycles. The molecule has 0 amide bonds. The number of ether oxygens (including phenoxy) is 1. The number of hydrogen-bond acceptors (Lipinski definition) is 2. The lowest BCUT2D eigenvalue weighted by atomic mass is 10.2. The van der Waals surface area contributed by atoms with E-state index in [1.165, 1.54) is 5.57 Å². The summed E-state index contributed by atoms with van der Waals surface area (Å²) in [6.07, 6.45) is 0.980. The van der Waals surface area contributed by atoms with Crippen molar-refractivity contribution in [1.82, 2.24) is 0 Å². The Labute approximate surface area is 76.7 Å². The van der Waals surface area contributed by atoms with Crippen LogP contribution in [0.1, 0.15) is 20.3 Å². The molecule has 0 aromatic carbocycles. The highest BCUT2D eigenvalue weighted by molar-refractivity contribution is 6.70. The summed E-state index contributed by atoms with van der Waals surface area (Å²) in [7, 11) is 0.158. The molecule has 0 saturated carbocycles. The monoisotopic (exact) mass is 188 g/mol. The molecule has 0 unspecified atom stereocenters. The maximum Gasteiger partial charge on any atom is 0.263 e. The van der Waals surface area contributed by atoms with Crippen LogP contribution < -0.4 is 0 Å². The summed E-state index contributed by atoms with van der Waals surface area (Å²) in [6.45, 7) is 10.6. The summed E-state index contributed by atoms with van der Waals surface area (Å²) in [5, 5.41) is 0. The van der Waals surface area contributed by atoms with E-state index in [1.54, 1.807) is 7.11 Å². The number of rotatable bonds is 4. The van der Waals surface area contributed by atoms with Gasteiger partial charge in [-0.05, 0) is 33.0 Å². The molecule has 0 bridgehead atoms. The molecule has 72 valence electrons. The Hall–Kier alpha value is -0.443. The van der Waals surface area contributed by atoms with Gasteiger partial charge in [0.15, 0.2) is 0 Å². The lowest BCUT2D eigenvalue weighted by molar-refractivity contribution is 0.141. The Balaban J connectivity index is 4.38. The summed E-state index contributed by atoms with van der Waals surface area (Å²) in [4.78, 5) is 0. The van der Waals surface area contributed by atoms with Crippen LogP contribution in [0.5, 0.6) is 0 Å². The van der Waals surface area contributed by atoms with Crippen LogP contribution in [0.15, 0.2) is 11.5 Å². The van der Waals surface area contributed by atoms with E-state index in [2.05, 4.69) is 26.6 Å². The fourth-order valence-corrected chi connectivity index (χ4v) is 1.54. The minimum absolute atomic E-state index is 0.719. The van der Waals surface area contributed by atoms with Gasteiger partial charge in [-0.3, -0.25) is 0 Å². The highest BCUT2D eigenvalue weighted by Crippen LogP contribution is 2.16. The minimum atomic E-state index is -1.50. The van der Waals surface area contributed by atoms with Gasteiger partial charge < -0.3 is 9.16 Å². The van der Waals surface area contributed by atoms with Gasteiger partial charge in [0.05, 0.1) is 7.11 Å². The third-order valence-electron chi connectivity index (χ3n) is 1.46. The van der Waals surface area contributed by atoms with Gasteiger partial charge >= 0.3 is 0 Å². The van der Waals surface area contributed by atoms with Gasteiger partial charge in [-0.15, -0.1) is 0 Å². The van der Waals surface area contributed by atoms with E-state index in [0.717, 1.165) is 12.4 Å². The Morgan fingerprint density at radius 1 is 1.25 bits per heavy atom. The zero-order chi connectivity index (χ0) is 9.78. The Morgan fingerprint density at radius 3 is 2.00 bits per heavy atom. The van der Waals surface area contributed by atoms with Gasteiger partial charge in [-0.25, -0.2) is 0 Å². The fraction of sp³-hybridized carbons (Fsp3) is 0.778. The number of allylic oxidation sites excluding steroid dienone is 1. The van der Waals surface area contributed by atoms with E-state index in [9.17, 15) is 0 Å². The molecule has 0 fully saturated rings. The van der Waals surface area contributed by atoms with Gasteiger partial charge in [0, 0.05) is 5.57 Å². The normalized spacial score (nSPS) is 13.8. The second-order valence-electron chi connectivity index (χ2n) is 3.84. The van der Waals surface area contributed by atoms with Crippen LogP contribution >= 0.6 is 0 Å². The molecule has 3 heteroatoms. The van der Waals surface area contributed by atoms with E-state index in [4.69, 9.17) is 9.16 Å². The maximum atomic E-state index is 5.74. The summed E-state index contributed by atoms with van der Waals surface area (Å²) in [6, 6.07) is 0. The van der Waals surface area contributed by atoms with E-state index in [0.29, 0.717) is 0 Å². The molecular formula is C9H20O2Si. The zero-order valence-corrected chi connectivity index (χ0v) is 10.0. The first-order chi connectivity index (χ1) is 5.40. The molecule has 0 aliphatic heterocycles. The van der Waals surface area contributed by atoms with Crippen LogP contribution in [-0.4, -0.2) is 15.4 Å². The average Bonchev–Trinajstić information content (AvgIpc) is 1.97. The second-order valence-corrected chi connectivity index (χ2v) is 8.27. The fourth-order valence-electron chi connectivity index (χ4n) is 0.725. The molecule has 0 aromatic rings. The van der Waals surface area contributed by atoms with E-state index >= 15 is 0 Å². The Kier molecular flexibility index (Phi) is 4.38. The van der Waals surface area contributed by atoms with Gasteiger partial charge in [0.1, 0.15) is 0 Å². The number of hydrogen-bond donors (Lipinski definition) is 0. The highest BCUT2D eigenvalue weighted by Gasteiger charge is 2.19. The van der Waals surface area contributed by atoms with Crippen molar-refractivity contribution in [3.05, 3.63) is 11.5 Å². The van der Waals surface area contributed by atoms with E-state index in [-0.39, 0.29) is 0 Å². The molecule has 0 spiro atoms. The van der Waals surface area contributed by atoms with Gasteiger partial charge in [-0.1, -0.05) is 6.92 Å². The smallest absolute Gasteiger partial charge is 0.263 e. The second kappa shape index (κ2) is 4.55. The SMILES string of the molecule is CCC(C)=C(OC)O[Si](C)(C)C. The Bertz CT molecular complexity index is 168. The Morgan fingerprint density at radius 2 is 1.75 bits per heavy atom. The maximum absolute atomic E-state index is 5.74. The summed E-state index contributed by atoms with van der Waals surface area (Å²) < 4.78 is 10.9. The van der Waals surface area contributed by atoms with Crippen molar-refractivity contribution in [2.24, 2.45) is 0 Å². The van der Waals surface area contributed by atoms with Crippen molar-refractivity contribution in [3.8, 4) is 0 Å². The van der Waals surface area contributed by atoms with Crippen molar-refractivity contribution in [2.75, 3.05) is 7.11 Å². The predicted octanol–water partition coefficient (Wildman–Crippen LogP) is 3.13. The van der Waals surface area contributed by atoms with Crippen LogP contribution in [0.25, 0.3) is 0 Å². The molecule has 0 atom stereocenters. The van der Waals surface area contributed by atoms with Crippen LogP contribution in [0.2, 0.25) is 19.6 Å². The summed E-state index contributed by atoms with van der Waals surface area (Å²) >= 11 is 0. The van der Waals surface area contributed by atoms with Gasteiger partial charge in [-0.2, -0.15) is 0 Å². The van der Waals surface area contributed by atoms with Crippen LogP contribution in [0.3, 0.4) is 0 Å². The van der Waals surface area contributed by atoms with Crippen molar-refractivity contribution >= 4 is 8.32 Å². The zero-order valence-electron chi connectivity index (χ0n) is 9.02. The van der Waals surface area contributed by atoms with Gasteiger partial charge in [0.25, 0.3) is 5.95 Å². The first-order valence-corrected chi connectivity index (χ1v) is 7.74. The first kappa shape index (κ1) is 11.6. The van der Waals surface area contributed by atoms with Crippen molar-refractivity contribution in [3.63, 3.8) is 0 Å². The molecular weight excluding hydrogens is 168 g/mol. The first-order valence-electron chi connectivity index (χ1n) is 4.33. The van der Waals surface area contributed by atoms with E-state index < -0.39 is 8.32 Å². The van der Waals surface area contributed by atoms with Crippen molar-refractivity contribution in [1.29, 1.82) is 0 Å². The molecule has 2 nitrogen and oxygen atoms in total. The topological polar surface area (TPSA) is 18.5 Å². The van der Waals surface area contributed by atoms with Gasteiger partial charge in [0.2, 0.25) is 8.32 Å². The largest absolute Gasteiger partial charge is 0.520 e. The highest BCUT2D eigenvalue weighted by atomic mass is 28.4. The van der Waals surface area contributed by atoms with Crippen molar-refractivity contribution in [2.45, 2.75) is 39.9 Å². The lowest BCUT2D eigenvalue weighted by Gasteiger charge is -2.21. The molecule has 0 radical (unpaired) electrons. The molecule has 0 heterocycles. The molecule has 0 N–H and O–H groups in total. The molecule has 0 aliphatic carbocycles. The van der Waals surface area contributed by atoms with Crippen molar-refractivity contribution < 1.29 is 9.16 Å². The molecule has 0 aliphatic rings. The van der Waals surface area contributed by atoms with E-state index in [1.807, 2.05) is 6.92 Å². The average molecular weight is 188 g/mol.